The molecule has 5 heterocycles. The number of nitrogens with one attached hydrogen (secondary N) is 1. The SMILES string of the molecule is CC(=O)O[C@@H]1[C@H](OC(C)=O)[C@@H](CO)O[C@H]1n1c(NC(=O)COc2ccccc2)nc2c(-c3ccc(-c4cccs4)s3)ncnc21. The zero-order valence-electron chi connectivity index (χ0n) is 24.0. The summed E-state index contributed by atoms with van der Waals surface area (Å²) < 4.78 is 24.2. The van der Waals surface area contributed by atoms with Gasteiger partial charge in [-0.05, 0) is 35.7 Å². The Bertz CT molecular complexity index is 1820. The summed E-state index contributed by atoms with van der Waals surface area (Å²) in [6.45, 7) is 1.51. The van der Waals surface area contributed by atoms with Crippen molar-refractivity contribution in [1.29, 1.82) is 0 Å². The smallest absolute Gasteiger partial charge is 0.303 e. The Balaban J connectivity index is 1.43. The first-order valence-corrected chi connectivity index (χ1v) is 15.5. The first-order valence-electron chi connectivity index (χ1n) is 13.8. The van der Waals surface area contributed by atoms with E-state index in [4.69, 9.17) is 23.9 Å². The normalized spacial score (nSPS) is 19.4. The highest BCUT2D eigenvalue weighted by atomic mass is 32.1. The van der Waals surface area contributed by atoms with Crippen LogP contribution in [0.3, 0.4) is 0 Å². The van der Waals surface area contributed by atoms with Gasteiger partial charge in [0.25, 0.3) is 5.91 Å². The van der Waals surface area contributed by atoms with Crippen LogP contribution in [0.25, 0.3) is 31.5 Å². The average Bonchev–Trinajstić information content (AvgIpc) is 3.83. The number of carbonyl (C=O) groups excluding carboxylic acids is 3. The Kier molecular flexibility index (Phi) is 8.84. The predicted octanol–water partition coefficient (Wildman–Crippen LogP) is 4.05. The number of benzene rings is 1. The molecule has 4 atom stereocenters. The predicted molar refractivity (Wildman–Crippen MR) is 165 cm³/mol. The maximum Gasteiger partial charge on any atom is 0.303 e. The van der Waals surface area contributed by atoms with Gasteiger partial charge in [-0.3, -0.25) is 24.3 Å². The molecule has 0 aliphatic carbocycles. The van der Waals surface area contributed by atoms with Crippen LogP contribution in [0.1, 0.15) is 20.1 Å². The second-order valence-corrected chi connectivity index (χ2v) is 11.9. The van der Waals surface area contributed by atoms with Crippen molar-refractivity contribution in [3.8, 4) is 26.1 Å². The van der Waals surface area contributed by atoms with E-state index >= 15 is 0 Å². The lowest BCUT2D eigenvalue weighted by molar-refractivity contribution is -0.165. The fourth-order valence-electron chi connectivity index (χ4n) is 4.98. The average molecular weight is 650 g/mol. The van der Waals surface area contributed by atoms with E-state index in [1.54, 1.807) is 35.6 Å². The molecular weight excluding hydrogens is 622 g/mol. The molecule has 0 unspecified atom stereocenters. The van der Waals surface area contributed by atoms with Gasteiger partial charge in [0.05, 0.1) is 11.5 Å². The molecule has 6 rings (SSSR count). The van der Waals surface area contributed by atoms with Crippen LogP contribution in [0.4, 0.5) is 5.95 Å². The minimum Gasteiger partial charge on any atom is -0.484 e. The third-order valence-electron chi connectivity index (χ3n) is 6.77. The molecule has 0 radical (unpaired) electrons. The number of aliphatic hydroxyl groups is 1. The summed E-state index contributed by atoms with van der Waals surface area (Å²) >= 11 is 3.14. The van der Waals surface area contributed by atoms with Crippen LogP contribution in [0, 0.1) is 0 Å². The molecule has 1 fully saturated rings. The van der Waals surface area contributed by atoms with Crippen molar-refractivity contribution in [2.45, 2.75) is 38.4 Å². The first kappa shape index (κ1) is 30.3. The molecule has 5 aromatic rings. The number of aromatic nitrogens is 4. The Hall–Kier alpha value is -4.70. The molecule has 1 saturated heterocycles. The molecule has 232 valence electrons. The molecule has 0 saturated carbocycles. The minimum absolute atomic E-state index is 0.00855. The second kappa shape index (κ2) is 13.1. The largest absolute Gasteiger partial charge is 0.484 e. The fourth-order valence-corrected chi connectivity index (χ4v) is 6.81. The molecule has 13 nitrogen and oxygen atoms in total. The van der Waals surface area contributed by atoms with Gasteiger partial charge in [0.1, 0.15) is 29.4 Å². The van der Waals surface area contributed by atoms with Gasteiger partial charge in [0.2, 0.25) is 5.95 Å². The van der Waals surface area contributed by atoms with E-state index in [9.17, 15) is 19.5 Å². The van der Waals surface area contributed by atoms with Crippen molar-refractivity contribution >= 4 is 57.6 Å². The van der Waals surface area contributed by atoms with Gasteiger partial charge in [0.15, 0.2) is 30.7 Å². The van der Waals surface area contributed by atoms with E-state index in [1.165, 1.54) is 36.1 Å². The van der Waals surface area contributed by atoms with Crippen LogP contribution in [-0.2, 0) is 28.6 Å². The van der Waals surface area contributed by atoms with Gasteiger partial charge in [-0.2, -0.15) is 0 Å². The molecule has 1 aliphatic rings. The Labute approximate surface area is 264 Å². The van der Waals surface area contributed by atoms with Crippen LogP contribution in [0.2, 0.25) is 0 Å². The highest BCUT2D eigenvalue weighted by molar-refractivity contribution is 7.23. The highest BCUT2D eigenvalue weighted by Crippen LogP contribution is 2.41. The molecule has 1 amide bonds. The standard InChI is InChI=1S/C30H27N5O8S2/c1-16(37)41-26-19(13-36)43-29(27(26)42-17(2)38)35-28-25(34-30(35)33-23(39)14-40-18-7-4-3-5-8-18)24(31-15-32-28)22-11-10-21(45-22)20-9-6-12-44-20/h3-12,15,19,26-27,29,36H,13-14H2,1-2H3,(H,33,34,39)/t19-,26-,27-,29-/m1/s1. The molecular formula is C30H27N5O8S2. The number of amides is 1. The molecule has 1 aliphatic heterocycles. The molecule has 1 aromatic carbocycles. The van der Waals surface area contributed by atoms with E-state index in [0.29, 0.717) is 17.0 Å². The van der Waals surface area contributed by atoms with E-state index in [-0.39, 0.29) is 18.2 Å². The van der Waals surface area contributed by atoms with Crippen LogP contribution in [0.5, 0.6) is 5.75 Å². The van der Waals surface area contributed by atoms with Gasteiger partial charge in [-0.25, -0.2) is 15.0 Å². The maximum absolute atomic E-state index is 13.2. The number of esters is 2. The molecule has 0 bridgehead atoms. The van der Waals surface area contributed by atoms with Crippen molar-refractivity contribution in [2.24, 2.45) is 0 Å². The number of hydrogen-bond donors (Lipinski definition) is 2. The van der Waals surface area contributed by atoms with E-state index in [0.717, 1.165) is 14.6 Å². The van der Waals surface area contributed by atoms with Crippen molar-refractivity contribution < 1.29 is 38.4 Å². The summed E-state index contributed by atoms with van der Waals surface area (Å²) in [5.74, 6) is -1.39. The fraction of sp³-hybridized carbons (Fsp3) is 0.267. The van der Waals surface area contributed by atoms with Gasteiger partial charge < -0.3 is 24.1 Å². The number of hydrogen-bond acceptors (Lipinski definition) is 13. The molecule has 15 heteroatoms. The van der Waals surface area contributed by atoms with Crippen LogP contribution < -0.4 is 10.1 Å². The lowest BCUT2D eigenvalue weighted by Crippen LogP contribution is -2.40. The summed E-state index contributed by atoms with van der Waals surface area (Å²) in [5, 5.41) is 14.9. The van der Waals surface area contributed by atoms with E-state index in [2.05, 4.69) is 15.3 Å². The number of anilines is 1. The second-order valence-electron chi connectivity index (χ2n) is 9.89. The van der Waals surface area contributed by atoms with Gasteiger partial charge >= 0.3 is 11.9 Å². The lowest BCUT2D eigenvalue weighted by atomic mass is 10.1. The number of aliphatic hydroxyl groups excluding tert-OH is 1. The van der Waals surface area contributed by atoms with Crippen molar-refractivity contribution in [2.75, 3.05) is 18.5 Å². The zero-order valence-corrected chi connectivity index (χ0v) is 25.6. The molecule has 45 heavy (non-hydrogen) atoms. The van der Waals surface area contributed by atoms with Crippen molar-refractivity contribution in [3.05, 3.63) is 66.3 Å². The number of carbonyl (C=O) groups is 3. The van der Waals surface area contributed by atoms with Crippen molar-refractivity contribution in [3.63, 3.8) is 0 Å². The third-order valence-corrected chi connectivity index (χ3v) is 8.93. The van der Waals surface area contributed by atoms with Gasteiger partial charge in [-0.15, -0.1) is 22.7 Å². The minimum atomic E-state index is -1.22. The van der Waals surface area contributed by atoms with Crippen molar-refractivity contribution in [1.82, 2.24) is 19.5 Å². The summed E-state index contributed by atoms with van der Waals surface area (Å²) in [4.78, 5) is 54.0. The van der Waals surface area contributed by atoms with Gasteiger partial charge in [0, 0.05) is 23.6 Å². The summed E-state index contributed by atoms with van der Waals surface area (Å²) in [5.41, 5.74) is 1.07. The van der Waals surface area contributed by atoms with E-state index < -0.39 is 49.0 Å². The first-order chi connectivity index (χ1) is 21.8. The molecule has 4 aromatic heterocycles. The van der Waals surface area contributed by atoms with Crippen LogP contribution in [-0.4, -0.2) is 74.0 Å². The Morgan fingerprint density at radius 1 is 0.956 bits per heavy atom. The monoisotopic (exact) mass is 649 g/mol. The lowest BCUT2D eigenvalue weighted by Gasteiger charge is -2.24. The summed E-state index contributed by atoms with van der Waals surface area (Å²) in [7, 11) is 0. The number of fused-ring (bicyclic) bond motifs is 1. The highest BCUT2D eigenvalue weighted by Gasteiger charge is 2.51. The molecule has 0 spiro atoms. The Morgan fingerprint density at radius 2 is 1.71 bits per heavy atom. The van der Waals surface area contributed by atoms with Crippen LogP contribution in [0.15, 0.2) is 66.3 Å². The summed E-state index contributed by atoms with van der Waals surface area (Å²) in [6.07, 6.45) is -3.29. The number of imidazole rings is 1. The molecule has 2 N–H and O–H groups in total. The topological polar surface area (TPSA) is 164 Å². The third kappa shape index (κ3) is 6.42. The zero-order chi connectivity index (χ0) is 31.5. The summed E-state index contributed by atoms with van der Waals surface area (Å²) in [6, 6.07) is 16.8. The van der Waals surface area contributed by atoms with Crippen LogP contribution >= 0.6 is 22.7 Å². The number of ether oxygens (including phenoxy) is 4. The number of nitrogens with zero attached hydrogens (tertiary/aromatic N) is 4. The number of thiophene rings is 2. The number of rotatable bonds is 10. The maximum atomic E-state index is 13.2. The quantitative estimate of drug-likeness (QED) is 0.210. The Morgan fingerprint density at radius 3 is 2.42 bits per heavy atom. The van der Waals surface area contributed by atoms with Gasteiger partial charge in [-0.1, -0.05) is 24.3 Å². The van der Waals surface area contributed by atoms with E-state index in [1.807, 2.05) is 35.7 Å². The number of para-hydroxylation sites is 1.